The van der Waals surface area contributed by atoms with E-state index in [0.717, 1.165) is 5.92 Å². The summed E-state index contributed by atoms with van der Waals surface area (Å²) >= 11 is 0. The van der Waals surface area contributed by atoms with E-state index in [9.17, 15) is 0 Å². The van der Waals surface area contributed by atoms with Gasteiger partial charge in [0.15, 0.2) is 0 Å². The van der Waals surface area contributed by atoms with Crippen LogP contribution >= 0.6 is 0 Å². The van der Waals surface area contributed by atoms with E-state index in [2.05, 4.69) is 31.8 Å². The van der Waals surface area contributed by atoms with Gasteiger partial charge in [-0.1, -0.05) is 19.8 Å². The molecule has 1 rings (SSSR count). The van der Waals surface area contributed by atoms with Gasteiger partial charge in [0.05, 0.1) is 0 Å². The van der Waals surface area contributed by atoms with E-state index in [1.54, 1.807) is 0 Å². The van der Waals surface area contributed by atoms with Crippen molar-refractivity contribution in [3.8, 4) is 12.3 Å². The number of rotatable bonds is 3. The lowest BCUT2D eigenvalue weighted by atomic mass is 9.71. The van der Waals surface area contributed by atoms with E-state index in [0.29, 0.717) is 6.42 Å². The van der Waals surface area contributed by atoms with Crippen LogP contribution in [-0.2, 0) is 0 Å². The van der Waals surface area contributed by atoms with Crippen LogP contribution in [0.15, 0.2) is 0 Å². The molecule has 15 heavy (non-hydrogen) atoms. The number of nitrogens with two attached hydrogens (primary N) is 1. The van der Waals surface area contributed by atoms with Crippen molar-refractivity contribution < 1.29 is 0 Å². The number of hydrogen-bond donors (Lipinski definition) is 1. The minimum absolute atomic E-state index is 0.111. The molecule has 1 fully saturated rings. The number of nitrogens with zero attached hydrogens (tertiary/aromatic N) is 1. The van der Waals surface area contributed by atoms with E-state index in [1.165, 1.54) is 25.7 Å². The van der Waals surface area contributed by atoms with Crippen molar-refractivity contribution >= 4 is 0 Å². The van der Waals surface area contributed by atoms with Crippen molar-refractivity contribution in [1.82, 2.24) is 4.90 Å². The molecule has 0 heterocycles. The van der Waals surface area contributed by atoms with E-state index in [1.807, 2.05) is 0 Å². The summed E-state index contributed by atoms with van der Waals surface area (Å²) in [6, 6.07) is 0.111. The van der Waals surface area contributed by atoms with Gasteiger partial charge in [-0.25, -0.2) is 0 Å². The molecule has 0 aliphatic heterocycles. The van der Waals surface area contributed by atoms with Gasteiger partial charge in [0, 0.05) is 18.0 Å². The summed E-state index contributed by atoms with van der Waals surface area (Å²) in [6.07, 6.45) is 11.0. The molecule has 0 bridgehead atoms. The van der Waals surface area contributed by atoms with Gasteiger partial charge in [-0.05, 0) is 32.9 Å². The lowest BCUT2D eigenvalue weighted by molar-refractivity contribution is 0.0518. The molecular weight excluding hydrogens is 184 g/mol. The lowest BCUT2D eigenvalue weighted by Crippen LogP contribution is -2.59. The molecule has 2 N–H and O–H groups in total. The molecule has 3 unspecified atom stereocenters. The zero-order valence-corrected chi connectivity index (χ0v) is 10.3. The van der Waals surface area contributed by atoms with Crippen LogP contribution in [0.3, 0.4) is 0 Å². The minimum Gasteiger partial charge on any atom is -0.325 e. The summed E-state index contributed by atoms with van der Waals surface area (Å²) in [6.45, 7) is 2.32. The summed E-state index contributed by atoms with van der Waals surface area (Å²) in [5.74, 6) is 3.48. The molecule has 2 heteroatoms. The summed E-state index contributed by atoms with van der Waals surface area (Å²) in [5, 5.41) is 0. The Morgan fingerprint density at radius 3 is 2.73 bits per heavy atom. The predicted octanol–water partition coefficient (Wildman–Crippen LogP) is 1.85. The van der Waals surface area contributed by atoms with Gasteiger partial charge in [-0.15, -0.1) is 12.3 Å². The molecule has 0 amide bonds. The number of terminal acetylenes is 1. The maximum Gasteiger partial charge on any atom is 0.0366 e. The smallest absolute Gasteiger partial charge is 0.0366 e. The number of likely N-dealkylation sites (N-methyl/N-ethyl adjacent to an activating group) is 1. The van der Waals surface area contributed by atoms with Gasteiger partial charge < -0.3 is 10.6 Å². The Morgan fingerprint density at radius 2 is 2.27 bits per heavy atom. The molecule has 0 aromatic heterocycles. The Labute approximate surface area is 94.2 Å². The third kappa shape index (κ3) is 2.53. The highest BCUT2D eigenvalue weighted by Crippen LogP contribution is 2.38. The van der Waals surface area contributed by atoms with Crippen molar-refractivity contribution in [3.05, 3.63) is 0 Å². The highest BCUT2D eigenvalue weighted by Gasteiger charge is 2.41. The fourth-order valence-electron chi connectivity index (χ4n) is 2.96. The van der Waals surface area contributed by atoms with Crippen LogP contribution in [0, 0.1) is 18.3 Å². The molecule has 3 atom stereocenters. The largest absolute Gasteiger partial charge is 0.325 e. The summed E-state index contributed by atoms with van der Waals surface area (Å²) in [4.78, 5) is 2.30. The monoisotopic (exact) mass is 208 g/mol. The Balaban J connectivity index is 2.82. The van der Waals surface area contributed by atoms with Crippen LogP contribution in [-0.4, -0.2) is 30.6 Å². The van der Waals surface area contributed by atoms with Crippen LogP contribution in [0.1, 0.15) is 39.0 Å². The second-order valence-corrected chi connectivity index (χ2v) is 5.21. The van der Waals surface area contributed by atoms with Gasteiger partial charge in [-0.3, -0.25) is 0 Å². The van der Waals surface area contributed by atoms with Crippen LogP contribution in [0.25, 0.3) is 0 Å². The summed E-state index contributed by atoms with van der Waals surface area (Å²) < 4.78 is 0. The highest BCUT2D eigenvalue weighted by molar-refractivity contribution is 5.05. The first-order chi connectivity index (χ1) is 7.03. The molecule has 1 aliphatic rings. The molecule has 0 aromatic rings. The van der Waals surface area contributed by atoms with Gasteiger partial charge in [0.1, 0.15) is 0 Å². The molecule has 1 aliphatic carbocycles. The van der Waals surface area contributed by atoms with Crippen LogP contribution < -0.4 is 5.73 Å². The quantitative estimate of drug-likeness (QED) is 0.717. The highest BCUT2D eigenvalue weighted by atomic mass is 15.2. The topological polar surface area (TPSA) is 29.3 Å². The molecule has 0 aromatic carbocycles. The normalized spacial score (nSPS) is 33.7. The SMILES string of the molecule is C#CCC(N)C1(N(C)C)CCCC(C)C1. The maximum atomic E-state index is 6.27. The molecule has 1 saturated carbocycles. The van der Waals surface area contributed by atoms with Crippen molar-refractivity contribution in [1.29, 1.82) is 0 Å². The molecule has 0 spiro atoms. The fraction of sp³-hybridized carbons (Fsp3) is 0.846. The van der Waals surface area contributed by atoms with Gasteiger partial charge >= 0.3 is 0 Å². The van der Waals surface area contributed by atoms with Crippen LogP contribution in [0.2, 0.25) is 0 Å². The van der Waals surface area contributed by atoms with E-state index < -0.39 is 0 Å². The van der Waals surface area contributed by atoms with Crippen molar-refractivity contribution in [3.63, 3.8) is 0 Å². The average Bonchev–Trinajstić information content (AvgIpc) is 2.17. The Bertz CT molecular complexity index is 241. The van der Waals surface area contributed by atoms with E-state index >= 15 is 0 Å². The molecule has 2 nitrogen and oxygen atoms in total. The summed E-state index contributed by atoms with van der Waals surface area (Å²) in [5.41, 5.74) is 6.40. The minimum atomic E-state index is 0.111. The van der Waals surface area contributed by atoms with Crippen molar-refractivity contribution in [2.45, 2.75) is 50.6 Å². The average molecular weight is 208 g/mol. The zero-order chi connectivity index (χ0) is 11.5. The predicted molar refractivity (Wildman–Crippen MR) is 65.5 cm³/mol. The van der Waals surface area contributed by atoms with Crippen LogP contribution in [0.5, 0.6) is 0 Å². The zero-order valence-electron chi connectivity index (χ0n) is 10.3. The second-order valence-electron chi connectivity index (χ2n) is 5.21. The molecule has 0 saturated heterocycles. The maximum absolute atomic E-state index is 6.27. The molecule has 86 valence electrons. The summed E-state index contributed by atoms with van der Waals surface area (Å²) in [7, 11) is 4.27. The second kappa shape index (κ2) is 5.01. The first-order valence-electron chi connectivity index (χ1n) is 5.89. The van der Waals surface area contributed by atoms with Crippen LogP contribution in [0.4, 0.5) is 0 Å². The first kappa shape index (κ1) is 12.5. The van der Waals surface area contributed by atoms with Crippen molar-refractivity contribution in [2.75, 3.05) is 14.1 Å². The number of hydrogen-bond acceptors (Lipinski definition) is 2. The molecule has 0 radical (unpaired) electrons. The van der Waals surface area contributed by atoms with E-state index in [-0.39, 0.29) is 11.6 Å². The Morgan fingerprint density at radius 1 is 1.60 bits per heavy atom. The first-order valence-corrected chi connectivity index (χ1v) is 5.89. The Hall–Kier alpha value is -0.520. The van der Waals surface area contributed by atoms with Crippen molar-refractivity contribution in [2.24, 2.45) is 11.7 Å². The molecular formula is C13H24N2. The standard InChI is InChI=1S/C13H24N2/c1-5-7-12(14)13(15(3)4)9-6-8-11(2)10-13/h1,11-12H,6-10,14H2,2-4H3. The van der Waals surface area contributed by atoms with Gasteiger partial charge in [-0.2, -0.15) is 0 Å². The Kier molecular flexibility index (Phi) is 4.19. The van der Waals surface area contributed by atoms with Gasteiger partial charge in [0.25, 0.3) is 0 Å². The lowest BCUT2D eigenvalue weighted by Gasteiger charge is -2.48. The third-order valence-corrected chi connectivity index (χ3v) is 3.93. The third-order valence-electron chi connectivity index (χ3n) is 3.93. The van der Waals surface area contributed by atoms with E-state index in [4.69, 9.17) is 12.2 Å². The fourth-order valence-corrected chi connectivity index (χ4v) is 2.96. The van der Waals surface area contributed by atoms with Gasteiger partial charge in [0.2, 0.25) is 0 Å².